The first-order valence-electron chi connectivity index (χ1n) is 9.24. The van der Waals surface area contributed by atoms with Crippen molar-refractivity contribution in [3.8, 4) is 11.5 Å². The maximum absolute atomic E-state index is 6.32. The molecule has 0 amide bonds. The minimum absolute atomic E-state index is 0.0965. The molecule has 1 aromatic rings. The second-order valence-electron chi connectivity index (χ2n) is 7.48. The van der Waals surface area contributed by atoms with Gasteiger partial charge in [-0.1, -0.05) is 26.7 Å². The highest BCUT2D eigenvalue weighted by atomic mass is 35.5. The summed E-state index contributed by atoms with van der Waals surface area (Å²) in [6.45, 7) is 10.8. The van der Waals surface area contributed by atoms with Gasteiger partial charge in [0, 0.05) is 15.7 Å². The van der Waals surface area contributed by atoms with Gasteiger partial charge in [-0.25, -0.2) is 0 Å². The number of thioether (sulfide) groups is 1. The largest absolute Gasteiger partial charge is 0.496 e. The zero-order valence-corrected chi connectivity index (χ0v) is 18.5. The van der Waals surface area contributed by atoms with E-state index >= 15 is 0 Å². The van der Waals surface area contributed by atoms with Gasteiger partial charge in [0.05, 0.1) is 14.2 Å². The van der Waals surface area contributed by atoms with Crippen molar-refractivity contribution in [3.63, 3.8) is 0 Å². The quantitative estimate of drug-likeness (QED) is 0.380. The normalized spacial score (nSPS) is 14.2. The second kappa shape index (κ2) is 10.6. The van der Waals surface area contributed by atoms with E-state index < -0.39 is 0 Å². The third-order valence-electron chi connectivity index (χ3n) is 4.46. The molecule has 144 valence electrons. The summed E-state index contributed by atoms with van der Waals surface area (Å²) in [6, 6.07) is 4.23. The Labute approximate surface area is 164 Å². The number of methoxy groups -OCH3 is 2. The maximum Gasteiger partial charge on any atom is 0.127 e. The van der Waals surface area contributed by atoms with E-state index in [1.54, 1.807) is 14.2 Å². The van der Waals surface area contributed by atoms with Crippen LogP contribution in [0.1, 0.15) is 69.8 Å². The smallest absolute Gasteiger partial charge is 0.127 e. The summed E-state index contributed by atoms with van der Waals surface area (Å²) >= 11 is 8.30. The highest BCUT2D eigenvalue weighted by Crippen LogP contribution is 2.45. The molecule has 0 fully saturated rings. The third kappa shape index (κ3) is 7.70. The molecule has 0 aliphatic heterocycles. The number of hydrogen-bond acceptors (Lipinski definition) is 3. The summed E-state index contributed by atoms with van der Waals surface area (Å²) in [5.74, 6) is 3.60. The predicted octanol–water partition coefficient (Wildman–Crippen LogP) is 7.02. The highest BCUT2D eigenvalue weighted by Gasteiger charge is 2.24. The van der Waals surface area contributed by atoms with Crippen molar-refractivity contribution in [1.82, 2.24) is 0 Å². The topological polar surface area (TPSA) is 18.5 Å². The summed E-state index contributed by atoms with van der Waals surface area (Å²) in [4.78, 5) is -0.0965. The molecule has 25 heavy (non-hydrogen) atoms. The average molecular weight is 387 g/mol. The van der Waals surface area contributed by atoms with Crippen molar-refractivity contribution in [2.24, 2.45) is 5.92 Å². The van der Waals surface area contributed by atoms with Crippen molar-refractivity contribution in [1.29, 1.82) is 0 Å². The van der Waals surface area contributed by atoms with E-state index in [0.717, 1.165) is 35.7 Å². The maximum atomic E-state index is 6.32. The van der Waals surface area contributed by atoms with E-state index in [2.05, 4.69) is 46.8 Å². The predicted molar refractivity (Wildman–Crippen MR) is 113 cm³/mol. The van der Waals surface area contributed by atoms with E-state index in [1.807, 2.05) is 11.8 Å². The molecule has 0 saturated carbocycles. The van der Waals surface area contributed by atoms with Crippen LogP contribution in [0, 0.1) is 12.8 Å². The number of aryl methyl sites for hydroxylation is 1. The zero-order chi connectivity index (χ0) is 19.0. The van der Waals surface area contributed by atoms with Gasteiger partial charge >= 0.3 is 0 Å². The Kier molecular flexibility index (Phi) is 9.51. The Morgan fingerprint density at radius 2 is 1.72 bits per heavy atom. The lowest BCUT2D eigenvalue weighted by atomic mass is 9.93. The van der Waals surface area contributed by atoms with Gasteiger partial charge < -0.3 is 9.47 Å². The van der Waals surface area contributed by atoms with Crippen molar-refractivity contribution in [2.75, 3.05) is 20.0 Å². The molecule has 0 bridgehead atoms. The number of rotatable bonds is 11. The monoisotopic (exact) mass is 386 g/mol. The van der Waals surface area contributed by atoms with Crippen LogP contribution in [0.5, 0.6) is 11.5 Å². The van der Waals surface area contributed by atoms with Crippen LogP contribution in [0.3, 0.4) is 0 Å². The first-order valence-corrected chi connectivity index (χ1v) is 10.7. The lowest BCUT2D eigenvalue weighted by molar-refractivity contribution is 0.376. The van der Waals surface area contributed by atoms with Crippen molar-refractivity contribution < 1.29 is 9.47 Å². The van der Waals surface area contributed by atoms with Crippen molar-refractivity contribution in [3.05, 3.63) is 23.3 Å². The number of alkyl halides is 1. The molecule has 0 heterocycles. The molecule has 2 nitrogen and oxygen atoms in total. The van der Waals surface area contributed by atoms with Gasteiger partial charge in [-0.3, -0.25) is 0 Å². The molecule has 2 unspecified atom stereocenters. The van der Waals surface area contributed by atoms with Crippen LogP contribution in [0.15, 0.2) is 12.1 Å². The Hall–Kier alpha value is -0.540. The van der Waals surface area contributed by atoms with E-state index in [-0.39, 0.29) is 4.87 Å². The van der Waals surface area contributed by atoms with Crippen LogP contribution < -0.4 is 9.47 Å². The highest BCUT2D eigenvalue weighted by molar-refractivity contribution is 7.99. The number of ether oxygens (including phenoxy) is 2. The fraction of sp³-hybridized carbons (Fsp3) is 0.714. The van der Waals surface area contributed by atoms with Crippen molar-refractivity contribution in [2.45, 2.75) is 70.4 Å². The molecular weight excluding hydrogens is 352 g/mol. The minimum Gasteiger partial charge on any atom is -0.496 e. The van der Waals surface area contributed by atoms with Gasteiger partial charge in [-0.2, -0.15) is 11.8 Å². The van der Waals surface area contributed by atoms with Gasteiger partial charge in [0.25, 0.3) is 0 Å². The second-order valence-corrected chi connectivity index (χ2v) is 9.98. The van der Waals surface area contributed by atoms with Gasteiger partial charge in [0.1, 0.15) is 11.5 Å². The average Bonchev–Trinajstić information content (AvgIpc) is 2.52. The number of benzene rings is 1. The Balaban J connectivity index is 2.92. The molecular formula is C21H35ClO2S. The van der Waals surface area contributed by atoms with Crippen LogP contribution in [0.4, 0.5) is 0 Å². The van der Waals surface area contributed by atoms with Crippen LogP contribution in [-0.4, -0.2) is 24.8 Å². The molecule has 0 radical (unpaired) electrons. The summed E-state index contributed by atoms with van der Waals surface area (Å²) in [5.41, 5.74) is 2.36. The Morgan fingerprint density at radius 3 is 2.16 bits per heavy atom. The standard InChI is InChI=1S/C21H35ClO2S/c1-8-25-19(14-15(2)10-9-11-21(4,5)22)20-17(23-6)12-16(3)13-18(20)24-7/h12-13,15,19H,8-11,14H2,1-7H3. The summed E-state index contributed by atoms with van der Waals surface area (Å²) in [5, 5.41) is 0.384. The molecule has 0 aromatic heterocycles. The molecule has 0 aliphatic carbocycles. The van der Waals surface area contributed by atoms with Gasteiger partial charge in [-0.05, 0) is 63.0 Å². The molecule has 2 atom stereocenters. The number of halogens is 1. The summed E-state index contributed by atoms with van der Waals surface area (Å²) < 4.78 is 11.4. The van der Waals surface area contributed by atoms with Crippen LogP contribution in [-0.2, 0) is 0 Å². The Bertz CT molecular complexity index is 500. The molecule has 1 aromatic carbocycles. The summed E-state index contributed by atoms with van der Waals surface area (Å²) in [7, 11) is 3.49. The van der Waals surface area contributed by atoms with Gasteiger partial charge in [-0.15, -0.1) is 11.6 Å². The molecule has 0 aliphatic rings. The summed E-state index contributed by atoms with van der Waals surface area (Å²) in [6.07, 6.45) is 4.55. The minimum atomic E-state index is -0.0965. The molecule has 4 heteroatoms. The Morgan fingerprint density at radius 1 is 1.16 bits per heavy atom. The van der Waals surface area contributed by atoms with Crippen LogP contribution in [0.25, 0.3) is 0 Å². The SMILES string of the molecule is CCSC(CC(C)CCCC(C)(C)Cl)c1c(OC)cc(C)cc1OC. The van der Waals surface area contributed by atoms with E-state index in [0.29, 0.717) is 11.2 Å². The molecule has 0 saturated heterocycles. The molecule has 0 N–H and O–H groups in total. The first kappa shape index (κ1) is 22.5. The lowest BCUT2D eigenvalue weighted by Gasteiger charge is -2.25. The van der Waals surface area contributed by atoms with Gasteiger partial charge in [0.15, 0.2) is 0 Å². The van der Waals surface area contributed by atoms with E-state index in [9.17, 15) is 0 Å². The van der Waals surface area contributed by atoms with Gasteiger partial charge in [0.2, 0.25) is 0 Å². The zero-order valence-electron chi connectivity index (χ0n) is 16.9. The molecule has 1 rings (SSSR count). The third-order valence-corrected chi connectivity index (χ3v) is 5.82. The van der Waals surface area contributed by atoms with Crippen LogP contribution in [0.2, 0.25) is 0 Å². The fourth-order valence-corrected chi connectivity index (χ4v) is 4.61. The van der Waals surface area contributed by atoms with E-state index in [4.69, 9.17) is 21.1 Å². The fourth-order valence-electron chi connectivity index (χ4n) is 3.21. The lowest BCUT2D eigenvalue weighted by Crippen LogP contribution is -2.11. The molecule has 0 spiro atoms. The number of hydrogen-bond donors (Lipinski definition) is 0. The first-order chi connectivity index (χ1) is 11.7. The van der Waals surface area contributed by atoms with E-state index in [1.165, 1.54) is 18.4 Å². The van der Waals surface area contributed by atoms with Crippen LogP contribution >= 0.6 is 23.4 Å². The van der Waals surface area contributed by atoms with Crippen molar-refractivity contribution >= 4 is 23.4 Å².